The quantitative estimate of drug-likeness (QED) is 0.467. The van der Waals surface area contributed by atoms with E-state index >= 15 is 0 Å². The van der Waals surface area contributed by atoms with Gasteiger partial charge < -0.3 is 0 Å². The zero-order valence-corrected chi connectivity index (χ0v) is 16.1. The second-order valence-electron chi connectivity index (χ2n) is 6.45. The lowest BCUT2D eigenvalue weighted by Crippen LogP contribution is -2.21. The Hall–Kier alpha value is -2.17. The molecule has 0 amide bonds. The minimum atomic E-state index is -0.265. The van der Waals surface area contributed by atoms with Crippen molar-refractivity contribution >= 4 is 44.9 Å². The van der Waals surface area contributed by atoms with Crippen LogP contribution in [0.4, 0.5) is 5.69 Å². The fourth-order valence-electron chi connectivity index (χ4n) is 3.72. The van der Waals surface area contributed by atoms with E-state index in [0.29, 0.717) is 0 Å². The molecule has 5 rings (SSSR count). The minimum absolute atomic E-state index is 0.00481. The maximum Gasteiger partial charge on any atom is 0.174 e. The van der Waals surface area contributed by atoms with Gasteiger partial charge in [-0.25, -0.2) is 0 Å². The first-order chi connectivity index (χ1) is 12.7. The van der Waals surface area contributed by atoms with E-state index in [0.717, 1.165) is 37.5 Å². The molecule has 0 bridgehead atoms. The van der Waals surface area contributed by atoms with Gasteiger partial charge >= 0.3 is 0 Å². The molecule has 1 aliphatic heterocycles. The molecule has 3 aromatic rings. The molecular formula is C22H14BrNOS. The molecular weight excluding hydrogens is 406 g/mol. The molecule has 1 aliphatic carbocycles. The minimum Gasteiger partial charge on any atom is -0.293 e. The third-order valence-electron chi connectivity index (χ3n) is 4.89. The third kappa shape index (κ3) is 2.48. The van der Waals surface area contributed by atoms with E-state index < -0.39 is 0 Å². The number of carbonyl (C=O) groups is 1. The highest BCUT2D eigenvalue weighted by molar-refractivity contribution is 9.10. The molecule has 0 spiro atoms. The average Bonchev–Trinajstić information content (AvgIpc) is 2.83. The summed E-state index contributed by atoms with van der Waals surface area (Å²) in [7, 11) is 0. The second kappa shape index (κ2) is 6.22. The van der Waals surface area contributed by atoms with Crippen LogP contribution in [-0.2, 0) is 0 Å². The van der Waals surface area contributed by atoms with Gasteiger partial charge in [0, 0.05) is 20.5 Å². The molecule has 2 aliphatic rings. The van der Waals surface area contributed by atoms with Gasteiger partial charge in [0.25, 0.3) is 0 Å². The average molecular weight is 420 g/mol. The van der Waals surface area contributed by atoms with Crippen molar-refractivity contribution < 1.29 is 4.79 Å². The number of nitrogens with zero attached hydrogens (tertiary/aromatic N) is 1. The van der Waals surface area contributed by atoms with E-state index in [2.05, 4.69) is 34.1 Å². The van der Waals surface area contributed by atoms with Crippen molar-refractivity contribution in [1.29, 1.82) is 0 Å². The molecule has 0 fully saturated rings. The van der Waals surface area contributed by atoms with Crippen LogP contribution in [0.5, 0.6) is 0 Å². The van der Waals surface area contributed by atoms with Crippen LogP contribution in [0.2, 0.25) is 0 Å². The molecule has 1 heterocycles. The highest BCUT2D eigenvalue weighted by Gasteiger charge is 2.44. The number of benzene rings is 3. The largest absolute Gasteiger partial charge is 0.293 e. The highest BCUT2D eigenvalue weighted by Crippen LogP contribution is 2.51. The van der Waals surface area contributed by atoms with Gasteiger partial charge in [0.15, 0.2) is 5.78 Å². The predicted octanol–water partition coefficient (Wildman–Crippen LogP) is 6.23. The van der Waals surface area contributed by atoms with Gasteiger partial charge in [-0.15, -0.1) is 11.8 Å². The lowest BCUT2D eigenvalue weighted by molar-refractivity contribution is 0.0960. The fourth-order valence-corrected chi connectivity index (χ4v) is 5.47. The Morgan fingerprint density at radius 1 is 0.885 bits per heavy atom. The summed E-state index contributed by atoms with van der Waals surface area (Å²) in [5.74, 6) is -0.0938. The Morgan fingerprint density at radius 2 is 1.65 bits per heavy atom. The van der Waals surface area contributed by atoms with Crippen molar-refractivity contribution in [3.8, 4) is 0 Å². The van der Waals surface area contributed by atoms with Crippen LogP contribution in [0.3, 0.4) is 0 Å². The van der Waals surface area contributed by atoms with Crippen molar-refractivity contribution in [3.05, 3.63) is 94.0 Å². The van der Waals surface area contributed by atoms with E-state index in [1.54, 1.807) is 11.8 Å². The van der Waals surface area contributed by atoms with Gasteiger partial charge in [0.2, 0.25) is 0 Å². The fraction of sp³-hybridized carbons (Fsp3) is 0.0909. The Balaban J connectivity index is 1.76. The first-order valence-corrected chi connectivity index (χ1v) is 10.1. The van der Waals surface area contributed by atoms with E-state index in [9.17, 15) is 4.79 Å². The van der Waals surface area contributed by atoms with E-state index in [1.165, 1.54) is 0 Å². The number of fused-ring (bicyclic) bond motifs is 4. The maximum absolute atomic E-state index is 13.3. The number of halogens is 1. The number of hydrogen-bond acceptors (Lipinski definition) is 3. The van der Waals surface area contributed by atoms with Gasteiger partial charge in [0.05, 0.1) is 22.6 Å². The van der Waals surface area contributed by atoms with Crippen LogP contribution >= 0.6 is 27.7 Å². The molecule has 0 saturated carbocycles. The summed E-state index contributed by atoms with van der Waals surface area (Å²) in [6.45, 7) is 0. The molecule has 2 atom stereocenters. The van der Waals surface area contributed by atoms with Crippen LogP contribution in [0.1, 0.15) is 26.7 Å². The standard InChI is InChI=1S/C22H14BrNOS/c23-14-7-5-6-13(12-14)22-19-20(15-8-1-2-9-16(15)21(19)25)24-17-10-3-4-11-18(17)26-22/h1-12,19,22H/t19-,22+/m0/s1. The van der Waals surface area contributed by atoms with Crippen molar-refractivity contribution in [2.45, 2.75) is 10.1 Å². The number of aliphatic imine (C=N–C) groups is 1. The first kappa shape index (κ1) is 16.0. The summed E-state index contributed by atoms with van der Waals surface area (Å²) in [4.78, 5) is 19.4. The molecule has 0 saturated heterocycles. The highest BCUT2D eigenvalue weighted by atomic mass is 79.9. The smallest absolute Gasteiger partial charge is 0.174 e. The molecule has 3 aromatic carbocycles. The molecule has 0 aromatic heterocycles. The number of rotatable bonds is 1. The maximum atomic E-state index is 13.3. The van der Waals surface area contributed by atoms with Gasteiger partial charge in [0.1, 0.15) is 0 Å². The summed E-state index contributed by atoms with van der Waals surface area (Å²) >= 11 is 5.31. The Bertz CT molecular complexity index is 1070. The third-order valence-corrected chi connectivity index (χ3v) is 6.78. The number of hydrogen-bond donors (Lipinski definition) is 0. The SMILES string of the molecule is O=C1c2ccccc2C2=Nc3ccccc3S[C@H](c3cccc(Br)c3)[C@H]12. The van der Waals surface area contributed by atoms with Crippen molar-refractivity contribution in [1.82, 2.24) is 0 Å². The Morgan fingerprint density at radius 3 is 2.50 bits per heavy atom. The zero-order valence-electron chi connectivity index (χ0n) is 13.7. The summed E-state index contributed by atoms with van der Waals surface area (Å²) in [5, 5.41) is -0.00481. The molecule has 26 heavy (non-hydrogen) atoms. The predicted molar refractivity (Wildman–Crippen MR) is 110 cm³/mol. The molecule has 2 nitrogen and oxygen atoms in total. The zero-order chi connectivity index (χ0) is 17.7. The molecule has 0 radical (unpaired) electrons. The monoisotopic (exact) mass is 419 g/mol. The van der Waals surface area contributed by atoms with Gasteiger partial charge in [-0.05, 0) is 29.8 Å². The lowest BCUT2D eigenvalue weighted by atomic mass is 9.93. The topological polar surface area (TPSA) is 29.4 Å². The van der Waals surface area contributed by atoms with Crippen molar-refractivity contribution in [2.24, 2.45) is 10.9 Å². The number of Topliss-reactive ketones (excluding diaryl/α,β-unsaturated/α-hetero) is 1. The second-order valence-corrected chi connectivity index (χ2v) is 8.54. The van der Waals surface area contributed by atoms with Gasteiger partial charge in [-0.2, -0.15) is 0 Å². The number of para-hydroxylation sites is 1. The Labute approximate surface area is 164 Å². The van der Waals surface area contributed by atoms with Crippen molar-refractivity contribution in [2.75, 3.05) is 0 Å². The van der Waals surface area contributed by atoms with Crippen LogP contribution in [-0.4, -0.2) is 11.5 Å². The van der Waals surface area contributed by atoms with Gasteiger partial charge in [-0.1, -0.05) is 64.5 Å². The van der Waals surface area contributed by atoms with Crippen LogP contribution in [0, 0.1) is 5.92 Å². The van der Waals surface area contributed by atoms with Crippen molar-refractivity contribution in [3.63, 3.8) is 0 Å². The molecule has 126 valence electrons. The number of ketones is 1. The Kier molecular flexibility index (Phi) is 3.84. The summed E-state index contributed by atoms with van der Waals surface area (Å²) in [6, 6.07) is 24.2. The number of carbonyl (C=O) groups excluding carboxylic acids is 1. The number of thioether (sulfide) groups is 1. The molecule has 0 unspecified atom stereocenters. The van der Waals surface area contributed by atoms with Crippen LogP contribution < -0.4 is 0 Å². The van der Waals surface area contributed by atoms with E-state index in [4.69, 9.17) is 4.99 Å². The van der Waals surface area contributed by atoms with E-state index in [1.807, 2.05) is 54.6 Å². The van der Waals surface area contributed by atoms with E-state index in [-0.39, 0.29) is 17.0 Å². The normalized spacial score (nSPS) is 20.7. The van der Waals surface area contributed by atoms with Crippen LogP contribution in [0.25, 0.3) is 0 Å². The lowest BCUT2D eigenvalue weighted by Gasteiger charge is -2.21. The van der Waals surface area contributed by atoms with Crippen LogP contribution in [0.15, 0.2) is 87.2 Å². The molecule has 4 heteroatoms. The summed E-state index contributed by atoms with van der Waals surface area (Å²) in [5.41, 5.74) is 4.74. The summed E-state index contributed by atoms with van der Waals surface area (Å²) < 4.78 is 1.02. The first-order valence-electron chi connectivity index (χ1n) is 8.46. The molecule has 0 N–H and O–H groups in total. The van der Waals surface area contributed by atoms with Gasteiger partial charge in [-0.3, -0.25) is 9.79 Å². The summed E-state index contributed by atoms with van der Waals surface area (Å²) in [6.07, 6.45) is 0.